The number of nitrogens with two attached hydrogens (primary N) is 1. The van der Waals surface area contributed by atoms with Crippen molar-refractivity contribution >= 4 is 0 Å². The second kappa shape index (κ2) is 6.38. The van der Waals surface area contributed by atoms with Crippen LogP contribution < -0.4 is 10.5 Å². The summed E-state index contributed by atoms with van der Waals surface area (Å²) in [5, 5.41) is 0. The summed E-state index contributed by atoms with van der Waals surface area (Å²) in [6.45, 7) is 4.89. The molecule has 0 bridgehead atoms. The largest absolute Gasteiger partial charge is 0.494 e. The maximum atomic E-state index is 5.95. The fourth-order valence-corrected chi connectivity index (χ4v) is 1.82. The fraction of sp³-hybridized carbons (Fsp3) is 0.400. The molecule has 19 heavy (non-hydrogen) atoms. The Morgan fingerprint density at radius 3 is 2.63 bits per heavy atom. The average molecular weight is 259 g/mol. The number of nitrogens with zero attached hydrogens (tertiary/aromatic N) is 1. The Bertz CT molecular complexity index is 504. The van der Waals surface area contributed by atoms with Gasteiger partial charge in [0.1, 0.15) is 11.6 Å². The molecule has 1 heterocycles. The highest BCUT2D eigenvalue weighted by atomic mass is 16.5. The average Bonchev–Trinajstić information content (AvgIpc) is 2.94. The van der Waals surface area contributed by atoms with Crippen molar-refractivity contribution in [3.8, 4) is 17.0 Å². The Labute approximate surface area is 114 Å². The lowest BCUT2D eigenvalue weighted by Gasteiger charge is -2.05. The van der Waals surface area contributed by atoms with E-state index in [9.17, 15) is 0 Å². The van der Waals surface area contributed by atoms with Crippen molar-refractivity contribution in [2.75, 3.05) is 6.61 Å². The van der Waals surface area contributed by atoms with Gasteiger partial charge in [0.2, 0.25) is 0 Å². The van der Waals surface area contributed by atoms with Crippen LogP contribution in [0.4, 0.5) is 0 Å². The topological polar surface area (TPSA) is 63.9 Å². The molecule has 0 amide bonds. The van der Waals surface area contributed by atoms with E-state index in [-0.39, 0.29) is 6.04 Å². The zero-order chi connectivity index (χ0) is 13.7. The molecule has 0 aliphatic carbocycles. The van der Waals surface area contributed by atoms with E-state index >= 15 is 0 Å². The number of H-pyrrole nitrogens is 1. The molecule has 4 heteroatoms. The van der Waals surface area contributed by atoms with Crippen LogP contribution in [-0.2, 0) is 0 Å². The van der Waals surface area contributed by atoms with Gasteiger partial charge in [0.25, 0.3) is 0 Å². The van der Waals surface area contributed by atoms with Crippen LogP contribution in [0.3, 0.4) is 0 Å². The number of nitrogens with one attached hydrogen (secondary N) is 1. The normalized spacial score (nSPS) is 12.4. The van der Waals surface area contributed by atoms with Crippen LogP contribution in [0.25, 0.3) is 11.3 Å². The molecule has 0 spiro atoms. The van der Waals surface area contributed by atoms with Crippen LogP contribution in [0, 0.1) is 0 Å². The molecular weight excluding hydrogens is 238 g/mol. The van der Waals surface area contributed by atoms with Gasteiger partial charge in [0, 0.05) is 0 Å². The fourth-order valence-electron chi connectivity index (χ4n) is 1.82. The SMILES string of the molecule is CCCOc1ccc(-c2cnc(C(N)CC)[nH]2)cc1. The van der Waals surface area contributed by atoms with E-state index in [4.69, 9.17) is 10.5 Å². The molecule has 0 saturated heterocycles. The first-order valence-corrected chi connectivity index (χ1v) is 6.78. The van der Waals surface area contributed by atoms with Crippen LogP contribution in [0.15, 0.2) is 30.5 Å². The van der Waals surface area contributed by atoms with Gasteiger partial charge in [-0.15, -0.1) is 0 Å². The molecule has 1 atom stereocenters. The summed E-state index contributed by atoms with van der Waals surface area (Å²) in [4.78, 5) is 7.59. The molecule has 2 aromatic rings. The van der Waals surface area contributed by atoms with Gasteiger partial charge < -0.3 is 15.5 Å². The Morgan fingerprint density at radius 1 is 1.26 bits per heavy atom. The maximum absolute atomic E-state index is 5.95. The van der Waals surface area contributed by atoms with Gasteiger partial charge in [-0.05, 0) is 42.7 Å². The summed E-state index contributed by atoms with van der Waals surface area (Å²) in [5.74, 6) is 1.74. The molecule has 102 valence electrons. The van der Waals surface area contributed by atoms with Crippen molar-refractivity contribution in [2.24, 2.45) is 5.73 Å². The van der Waals surface area contributed by atoms with Crippen molar-refractivity contribution in [2.45, 2.75) is 32.7 Å². The second-order valence-electron chi connectivity index (χ2n) is 4.57. The number of imidazole rings is 1. The monoisotopic (exact) mass is 259 g/mol. The number of aromatic nitrogens is 2. The molecular formula is C15H21N3O. The highest BCUT2D eigenvalue weighted by Gasteiger charge is 2.08. The molecule has 0 fully saturated rings. The van der Waals surface area contributed by atoms with E-state index in [1.54, 1.807) is 0 Å². The smallest absolute Gasteiger partial charge is 0.123 e. The van der Waals surface area contributed by atoms with Crippen LogP contribution in [0.5, 0.6) is 5.75 Å². The third-order valence-corrected chi connectivity index (χ3v) is 3.02. The minimum atomic E-state index is -0.0269. The van der Waals surface area contributed by atoms with Gasteiger partial charge in [-0.25, -0.2) is 4.98 Å². The van der Waals surface area contributed by atoms with Gasteiger partial charge in [-0.3, -0.25) is 0 Å². The first kappa shape index (κ1) is 13.6. The molecule has 0 aliphatic rings. The number of rotatable bonds is 6. The Balaban J connectivity index is 2.11. The predicted molar refractivity (Wildman–Crippen MR) is 77.0 cm³/mol. The molecule has 0 radical (unpaired) electrons. The van der Waals surface area contributed by atoms with Gasteiger partial charge >= 0.3 is 0 Å². The standard InChI is InChI=1S/C15H21N3O/c1-3-9-19-12-7-5-11(6-8-12)14-10-17-15(18-14)13(16)4-2/h5-8,10,13H,3-4,9,16H2,1-2H3,(H,17,18). The number of hydrogen-bond acceptors (Lipinski definition) is 3. The quantitative estimate of drug-likeness (QED) is 0.836. The van der Waals surface area contributed by atoms with E-state index in [1.165, 1.54) is 0 Å². The van der Waals surface area contributed by atoms with E-state index < -0.39 is 0 Å². The van der Waals surface area contributed by atoms with E-state index in [1.807, 2.05) is 37.4 Å². The first-order chi connectivity index (χ1) is 9.24. The van der Waals surface area contributed by atoms with Crippen LogP contribution in [0.2, 0.25) is 0 Å². The van der Waals surface area contributed by atoms with Gasteiger partial charge in [-0.2, -0.15) is 0 Å². The predicted octanol–water partition coefficient (Wildman–Crippen LogP) is 3.28. The third-order valence-electron chi connectivity index (χ3n) is 3.02. The highest BCUT2D eigenvalue weighted by molar-refractivity contribution is 5.59. The highest BCUT2D eigenvalue weighted by Crippen LogP contribution is 2.22. The van der Waals surface area contributed by atoms with Crippen molar-refractivity contribution in [3.63, 3.8) is 0 Å². The Hall–Kier alpha value is -1.81. The maximum Gasteiger partial charge on any atom is 0.123 e. The third kappa shape index (κ3) is 3.35. The lowest BCUT2D eigenvalue weighted by atomic mass is 10.1. The minimum absolute atomic E-state index is 0.0269. The molecule has 0 aliphatic heterocycles. The lowest BCUT2D eigenvalue weighted by Crippen LogP contribution is -2.10. The van der Waals surface area contributed by atoms with Crippen molar-refractivity contribution in [3.05, 3.63) is 36.3 Å². The van der Waals surface area contributed by atoms with Crippen molar-refractivity contribution < 1.29 is 4.74 Å². The van der Waals surface area contributed by atoms with Gasteiger partial charge in [-0.1, -0.05) is 13.8 Å². The number of benzene rings is 1. The number of hydrogen-bond donors (Lipinski definition) is 2. The van der Waals surface area contributed by atoms with Gasteiger partial charge in [0.15, 0.2) is 0 Å². The zero-order valence-corrected chi connectivity index (χ0v) is 11.5. The molecule has 1 aromatic heterocycles. The zero-order valence-electron chi connectivity index (χ0n) is 11.5. The summed E-state index contributed by atoms with van der Waals surface area (Å²) < 4.78 is 5.56. The van der Waals surface area contributed by atoms with E-state index in [0.717, 1.165) is 42.3 Å². The summed E-state index contributed by atoms with van der Waals surface area (Å²) in [7, 11) is 0. The molecule has 1 unspecified atom stereocenters. The second-order valence-corrected chi connectivity index (χ2v) is 4.57. The first-order valence-electron chi connectivity index (χ1n) is 6.78. The van der Waals surface area contributed by atoms with Crippen molar-refractivity contribution in [1.29, 1.82) is 0 Å². The Morgan fingerprint density at radius 2 is 2.00 bits per heavy atom. The van der Waals surface area contributed by atoms with Crippen LogP contribution in [-0.4, -0.2) is 16.6 Å². The van der Waals surface area contributed by atoms with Crippen molar-refractivity contribution in [1.82, 2.24) is 9.97 Å². The van der Waals surface area contributed by atoms with E-state index in [0.29, 0.717) is 0 Å². The lowest BCUT2D eigenvalue weighted by molar-refractivity contribution is 0.317. The van der Waals surface area contributed by atoms with Crippen LogP contribution in [0.1, 0.15) is 38.6 Å². The molecule has 3 N–H and O–H groups in total. The van der Waals surface area contributed by atoms with Gasteiger partial charge in [0.05, 0.1) is 24.5 Å². The number of aromatic amines is 1. The molecule has 4 nitrogen and oxygen atoms in total. The van der Waals surface area contributed by atoms with Crippen LogP contribution >= 0.6 is 0 Å². The Kier molecular flexibility index (Phi) is 4.58. The summed E-state index contributed by atoms with van der Waals surface area (Å²) >= 11 is 0. The molecule has 2 rings (SSSR count). The summed E-state index contributed by atoms with van der Waals surface area (Å²) in [5.41, 5.74) is 8.03. The molecule has 1 aromatic carbocycles. The summed E-state index contributed by atoms with van der Waals surface area (Å²) in [6.07, 6.45) is 3.71. The summed E-state index contributed by atoms with van der Waals surface area (Å²) in [6, 6.07) is 7.98. The molecule has 0 saturated carbocycles. The minimum Gasteiger partial charge on any atom is -0.494 e. The van der Waals surface area contributed by atoms with E-state index in [2.05, 4.69) is 16.9 Å². The number of ether oxygens (including phenoxy) is 1.